The molecule has 3 nitrogen and oxygen atoms in total. The van der Waals surface area contributed by atoms with Gasteiger partial charge in [-0.05, 0) is 38.1 Å². The molecule has 0 aliphatic heterocycles. The standard InChI is InChI=1S/C15H20FN3/c1-4-17-11(3)12-6-7-14(16)13(10-12)15-18-8-9-19(15)5-2/h6-11,17H,4-5H2,1-3H3. The minimum absolute atomic E-state index is 0.203. The lowest BCUT2D eigenvalue weighted by Gasteiger charge is -2.14. The van der Waals surface area contributed by atoms with Crippen molar-refractivity contribution in [2.75, 3.05) is 6.54 Å². The molecule has 1 unspecified atom stereocenters. The average molecular weight is 261 g/mol. The Kier molecular flexibility index (Phi) is 4.32. The zero-order valence-electron chi connectivity index (χ0n) is 11.7. The second kappa shape index (κ2) is 5.97. The van der Waals surface area contributed by atoms with Crippen molar-refractivity contribution >= 4 is 0 Å². The summed E-state index contributed by atoms with van der Waals surface area (Å²) in [6.45, 7) is 7.82. The Balaban J connectivity index is 2.42. The fraction of sp³-hybridized carbons (Fsp3) is 0.400. The maximum Gasteiger partial charge on any atom is 0.142 e. The Hall–Kier alpha value is -1.68. The number of hydrogen-bond acceptors (Lipinski definition) is 2. The molecule has 4 heteroatoms. The normalized spacial score (nSPS) is 12.6. The van der Waals surface area contributed by atoms with Gasteiger partial charge in [-0.25, -0.2) is 9.37 Å². The molecule has 1 aromatic carbocycles. The van der Waals surface area contributed by atoms with Crippen LogP contribution in [-0.2, 0) is 6.54 Å². The van der Waals surface area contributed by atoms with Gasteiger partial charge in [0.05, 0.1) is 5.56 Å². The van der Waals surface area contributed by atoms with Crippen LogP contribution in [0.3, 0.4) is 0 Å². The van der Waals surface area contributed by atoms with Gasteiger partial charge in [-0.1, -0.05) is 13.0 Å². The Morgan fingerprint density at radius 3 is 2.84 bits per heavy atom. The lowest BCUT2D eigenvalue weighted by atomic mass is 10.0. The minimum atomic E-state index is -0.228. The van der Waals surface area contributed by atoms with Crippen LogP contribution in [0.5, 0.6) is 0 Å². The van der Waals surface area contributed by atoms with Crippen LogP contribution in [0.1, 0.15) is 32.4 Å². The summed E-state index contributed by atoms with van der Waals surface area (Å²) >= 11 is 0. The molecule has 0 aliphatic carbocycles. The third-order valence-corrected chi connectivity index (χ3v) is 3.30. The number of aromatic nitrogens is 2. The highest BCUT2D eigenvalue weighted by molar-refractivity contribution is 5.58. The predicted molar refractivity (Wildman–Crippen MR) is 75.4 cm³/mol. The predicted octanol–water partition coefficient (Wildman–Crippen LogP) is 3.38. The molecule has 0 amide bonds. The van der Waals surface area contributed by atoms with Crippen LogP contribution in [-0.4, -0.2) is 16.1 Å². The van der Waals surface area contributed by atoms with E-state index in [1.165, 1.54) is 6.07 Å². The number of nitrogens with one attached hydrogen (secondary N) is 1. The zero-order valence-corrected chi connectivity index (χ0v) is 11.7. The monoisotopic (exact) mass is 261 g/mol. The smallest absolute Gasteiger partial charge is 0.142 e. The van der Waals surface area contributed by atoms with Crippen molar-refractivity contribution in [1.82, 2.24) is 14.9 Å². The number of nitrogens with zero attached hydrogens (tertiary/aromatic N) is 2. The summed E-state index contributed by atoms with van der Waals surface area (Å²) < 4.78 is 16.0. The number of benzene rings is 1. The van der Waals surface area contributed by atoms with Gasteiger partial charge in [0.1, 0.15) is 11.6 Å². The summed E-state index contributed by atoms with van der Waals surface area (Å²) in [6, 6.07) is 5.44. The fourth-order valence-corrected chi connectivity index (χ4v) is 2.22. The molecule has 1 aromatic heterocycles. The number of halogens is 1. The van der Waals surface area contributed by atoms with Crippen LogP contribution in [0.2, 0.25) is 0 Å². The maximum atomic E-state index is 14.0. The second-order valence-electron chi connectivity index (χ2n) is 4.56. The van der Waals surface area contributed by atoms with E-state index in [-0.39, 0.29) is 11.9 Å². The van der Waals surface area contributed by atoms with Crippen molar-refractivity contribution in [3.05, 3.63) is 42.0 Å². The molecule has 0 radical (unpaired) electrons. The lowest BCUT2D eigenvalue weighted by molar-refractivity contribution is 0.592. The van der Waals surface area contributed by atoms with Crippen molar-refractivity contribution < 1.29 is 4.39 Å². The van der Waals surface area contributed by atoms with Crippen molar-refractivity contribution in [1.29, 1.82) is 0 Å². The van der Waals surface area contributed by atoms with Gasteiger partial charge >= 0.3 is 0 Å². The molecule has 19 heavy (non-hydrogen) atoms. The first-order valence-corrected chi connectivity index (χ1v) is 6.71. The number of hydrogen-bond donors (Lipinski definition) is 1. The van der Waals surface area contributed by atoms with Crippen molar-refractivity contribution in [2.24, 2.45) is 0 Å². The van der Waals surface area contributed by atoms with Gasteiger partial charge in [-0.15, -0.1) is 0 Å². The SMILES string of the molecule is CCNC(C)c1ccc(F)c(-c2nccn2CC)c1. The molecule has 0 saturated carbocycles. The molecule has 1 heterocycles. The molecule has 0 saturated heterocycles. The molecule has 1 atom stereocenters. The molecule has 2 aromatic rings. The van der Waals surface area contributed by atoms with Crippen molar-refractivity contribution in [2.45, 2.75) is 33.4 Å². The average Bonchev–Trinajstić information content (AvgIpc) is 2.87. The molecular weight excluding hydrogens is 241 g/mol. The van der Waals surface area contributed by atoms with Gasteiger partial charge in [0.15, 0.2) is 0 Å². The Bertz CT molecular complexity index is 548. The van der Waals surface area contributed by atoms with Gasteiger partial charge < -0.3 is 9.88 Å². The van der Waals surface area contributed by atoms with Gasteiger partial charge in [-0.3, -0.25) is 0 Å². The second-order valence-corrected chi connectivity index (χ2v) is 4.56. The number of aryl methyl sites for hydroxylation is 1. The first kappa shape index (κ1) is 13.7. The van der Waals surface area contributed by atoms with E-state index in [1.54, 1.807) is 6.20 Å². The molecule has 0 spiro atoms. The zero-order chi connectivity index (χ0) is 13.8. The van der Waals surface area contributed by atoms with Crippen LogP contribution in [0.4, 0.5) is 4.39 Å². The Labute approximate surface area is 113 Å². The Morgan fingerprint density at radius 2 is 2.16 bits per heavy atom. The third kappa shape index (κ3) is 2.84. The maximum absolute atomic E-state index is 14.0. The van der Waals surface area contributed by atoms with Crippen LogP contribution in [0.25, 0.3) is 11.4 Å². The van der Waals surface area contributed by atoms with E-state index in [2.05, 4.69) is 24.1 Å². The highest BCUT2D eigenvalue weighted by atomic mass is 19.1. The highest BCUT2D eigenvalue weighted by Crippen LogP contribution is 2.25. The van der Waals surface area contributed by atoms with Crippen molar-refractivity contribution in [3.63, 3.8) is 0 Å². The molecule has 0 bridgehead atoms. The highest BCUT2D eigenvalue weighted by Gasteiger charge is 2.13. The molecular formula is C15H20FN3. The summed E-state index contributed by atoms with van der Waals surface area (Å²) in [5.41, 5.74) is 1.64. The summed E-state index contributed by atoms with van der Waals surface area (Å²) in [5.74, 6) is 0.457. The number of rotatable bonds is 5. The largest absolute Gasteiger partial charge is 0.331 e. The third-order valence-electron chi connectivity index (χ3n) is 3.30. The Morgan fingerprint density at radius 1 is 1.37 bits per heavy atom. The summed E-state index contributed by atoms with van der Waals surface area (Å²) in [5, 5.41) is 3.33. The van der Waals surface area contributed by atoms with Crippen LogP contribution >= 0.6 is 0 Å². The number of imidazole rings is 1. The minimum Gasteiger partial charge on any atom is -0.331 e. The van der Waals surface area contributed by atoms with Gasteiger partial charge in [0, 0.05) is 25.0 Å². The van der Waals surface area contributed by atoms with E-state index in [9.17, 15) is 4.39 Å². The van der Waals surface area contributed by atoms with E-state index < -0.39 is 0 Å². The van der Waals surface area contributed by atoms with E-state index >= 15 is 0 Å². The van der Waals surface area contributed by atoms with Crippen LogP contribution < -0.4 is 5.32 Å². The van der Waals surface area contributed by atoms with Gasteiger partial charge in [0.2, 0.25) is 0 Å². The van der Waals surface area contributed by atoms with E-state index in [0.717, 1.165) is 18.7 Å². The fourth-order valence-electron chi connectivity index (χ4n) is 2.22. The van der Waals surface area contributed by atoms with Gasteiger partial charge in [0.25, 0.3) is 0 Å². The first-order chi connectivity index (χ1) is 9.17. The molecule has 0 fully saturated rings. The van der Waals surface area contributed by atoms with Gasteiger partial charge in [-0.2, -0.15) is 0 Å². The van der Waals surface area contributed by atoms with Crippen molar-refractivity contribution in [3.8, 4) is 11.4 Å². The summed E-state index contributed by atoms with van der Waals surface area (Å²) in [7, 11) is 0. The molecule has 0 aliphatic rings. The lowest BCUT2D eigenvalue weighted by Crippen LogP contribution is -2.17. The summed E-state index contributed by atoms with van der Waals surface area (Å²) in [4.78, 5) is 4.27. The molecule has 102 valence electrons. The van der Waals surface area contributed by atoms with E-state index in [4.69, 9.17) is 0 Å². The molecule has 2 rings (SSSR count). The van der Waals surface area contributed by atoms with Crippen LogP contribution in [0.15, 0.2) is 30.6 Å². The van der Waals surface area contributed by atoms with E-state index in [0.29, 0.717) is 11.4 Å². The topological polar surface area (TPSA) is 29.9 Å². The summed E-state index contributed by atoms with van der Waals surface area (Å²) in [6.07, 6.45) is 3.58. The quantitative estimate of drug-likeness (QED) is 0.894. The first-order valence-electron chi connectivity index (χ1n) is 6.71. The molecule has 1 N–H and O–H groups in total. The van der Waals surface area contributed by atoms with E-state index in [1.807, 2.05) is 29.8 Å². The van der Waals surface area contributed by atoms with Crippen LogP contribution in [0, 0.1) is 5.82 Å².